The molecule has 0 N–H and O–H groups in total. The summed E-state index contributed by atoms with van der Waals surface area (Å²) < 4.78 is 7.80. The Morgan fingerprint density at radius 1 is 1.73 bits per heavy atom. The molecular weight excluding hydrogens is 307 g/mol. The molecule has 1 aromatic heterocycles. The number of aromatic nitrogens is 2. The third kappa shape index (κ3) is 2.02. The van der Waals surface area contributed by atoms with Crippen LogP contribution in [0.3, 0.4) is 0 Å². The minimum absolute atomic E-state index is 0.271. The molecule has 0 aliphatic heterocycles. The van der Waals surface area contributed by atoms with Gasteiger partial charge in [-0.2, -0.15) is 5.10 Å². The van der Waals surface area contributed by atoms with Gasteiger partial charge in [-0.15, -0.1) is 0 Å². The molecule has 0 radical (unpaired) electrons. The van der Waals surface area contributed by atoms with Crippen molar-refractivity contribution in [1.82, 2.24) is 9.78 Å². The van der Waals surface area contributed by atoms with Gasteiger partial charge in [0.1, 0.15) is 9.26 Å². The summed E-state index contributed by atoms with van der Waals surface area (Å²) in [4.78, 5) is 11.5. The Morgan fingerprint density at radius 2 is 2.47 bits per heavy atom. The molecular formula is C10H13IN2O2. The number of rotatable bonds is 3. The van der Waals surface area contributed by atoms with Crippen molar-refractivity contribution in [3.05, 3.63) is 15.5 Å². The van der Waals surface area contributed by atoms with Gasteiger partial charge in [-0.3, -0.25) is 4.68 Å². The van der Waals surface area contributed by atoms with E-state index in [1.165, 1.54) is 19.3 Å². The molecule has 0 spiro atoms. The fraction of sp³-hybridized carbons (Fsp3) is 0.600. The number of hydrogen-bond donors (Lipinski definition) is 0. The van der Waals surface area contributed by atoms with Gasteiger partial charge in [-0.1, -0.05) is 0 Å². The van der Waals surface area contributed by atoms with Crippen LogP contribution in [0.5, 0.6) is 0 Å². The topological polar surface area (TPSA) is 44.1 Å². The van der Waals surface area contributed by atoms with Crippen LogP contribution >= 0.6 is 22.6 Å². The number of ether oxygens (including phenoxy) is 1. The molecule has 0 amide bonds. The molecule has 0 bridgehead atoms. The Bertz CT molecular complexity index is 371. The highest BCUT2D eigenvalue weighted by Gasteiger charge is 2.25. The first-order chi connectivity index (χ1) is 7.24. The van der Waals surface area contributed by atoms with Crippen molar-refractivity contribution in [2.24, 2.45) is 0 Å². The fourth-order valence-corrected chi connectivity index (χ4v) is 2.46. The van der Waals surface area contributed by atoms with E-state index >= 15 is 0 Å². The average Bonchev–Trinajstić information content (AvgIpc) is 2.46. The molecule has 5 heteroatoms. The minimum Gasteiger partial charge on any atom is -0.462 e. The summed E-state index contributed by atoms with van der Waals surface area (Å²) in [5, 5.41) is 4.25. The number of carbonyl (C=O) groups excluding carboxylic acids is 1. The van der Waals surface area contributed by atoms with E-state index in [4.69, 9.17) is 4.74 Å². The summed E-state index contributed by atoms with van der Waals surface area (Å²) in [6, 6.07) is 0.486. The Balaban J connectivity index is 2.19. The van der Waals surface area contributed by atoms with Crippen LogP contribution in [0.25, 0.3) is 0 Å². The number of esters is 1. The number of halogens is 1. The van der Waals surface area contributed by atoms with Gasteiger partial charge in [0.2, 0.25) is 0 Å². The average molecular weight is 320 g/mol. The first kappa shape index (κ1) is 10.9. The lowest BCUT2D eigenvalue weighted by Crippen LogP contribution is -2.20. The van der Waals surface area contributed by atoms with Crippen molar-refractivity contribution in [2.75, 3.05) is 6.61 Å². The van der Waals surface area contributed by atoms with E-state index in [0.29, 0.717) is 18.2 Å². The van der Waals surface area contributed by atoms with Crippen molar-refractivity contribution in [2.45, 2.75) is 32.2 Å². The smallest absolute Gasteiger partial charge is 0.342 e. The van der Waals surface area contributed by atoms with E-state index in [1.54, 1.807) is 13.1 Å². The quantitative estimate of drug-likeness (QED) is 0.634. The Hall–Kier alpha value is -0.590. The van der Waals surface area contributed by atoms with Crippen LogP contribution in [0.15, 0.2) is 6.20 Å². The van der Waals surface area contributed by atoms with Crippen LogP contribution in [-0.4, -0.2) is 22.4 Å². The van der Waals surface area contributed by atoms with Crippen molar-refractivity contribution in [3.63, 3.8) is 0 Å². The highest BCUT2D eigenvalue weighted by atomic mass is 127. The highest BCUT2D eigenvalue weighted by molar-refractivity contribution is 14.1. The zero-order valence-electron chi connectivity index (χ0n) is 8.57. The SMILES string of the molecule is CCOC(=O)c1cnn(C2CCC2)c1I. The van der Waals surface area contributed by atoms with Gasteiger partial charge in [-0.05, 0) is 48.8 Å². The third-order valence-electron chi connectivity index (χ3n) is 2.65. The van der Waals surface area contributed by atoms with Gasteiger partial charge < -0.3 is 4.74 Å². The second-order valence-corrected chi connectivity index (χ2v) is 4.62. The van der Waals surface area contributed by atoms with Crippen LogP contribution in [-0.2, 0) is 4.74 Å². The normalized spacial score (nSPS) is 16.1. The van der Waals surface area contributed by atoms with E-state index < -0.39 is 0 Å². The predicted octanol–water partition coefficient (Wildman–Crippen LogP) is 2.39. The molecule has 0 atom stereocenters. The number of nitrogens with zero attached hydrogens (tertiary/aromatic N) is 2. The van der Waals surface area contributed by atoms with Crippen LogP contribution < -0.4 is 0 Å². The summed E-state index contributed by atoms with van der Waals surface area (Å²) >= 11 is 2.16. The zero-order chi connectivity index (χ0) is 10.8. The lowest BCUT2D eigenvalue weighted by Gasteiger charge is -2.26. The molecule has 15 heavy (non-hydrogen) atoms. The summed E-state index contributed by atoms with van der Waals surface area (Å²) in [5.41, 5.74) is 0.587. The molecule has 1 heterocycles. The first-order valence-electron chi connectivity index (χ1n) is 5.14. The van der Waals surface area contributed by atoms with Crippen molar-refractivity contribution in [1.29, 1.82) is 0 Å². The molecule has 2 rings (SSSR count). The molecule has 82 valence electrons. The largest absolute Gasteiger partial charge is 0.462 e. The van der Waals surface area contributed by atoms with Crippen molar-refractivity contribution >= 4 is 28.6 Å². The predicted molar refractivity (Wildman–Crippen MR) is 63.8 cm³/mol. The second kappa shape index (κ2) is 4.51. The van der Waals surface area contributed by atoms with Crippen LogP contribution in [0.1, 0.15) is 42.6 Å². The minimum atomic E-state index is -0.271. The van der Waals surface area contributed by atoms with Gasteiger partial charge in [0.25, 0.3) is 0 Å². The maximum Gasteiger partial charge on any atom is 0.342 e. The molecule has 1 aromatic rings. The van der Waals surface area contributed by atoms with Crippen LogP contribution in [0.2, 0.25) is 0 Å². The molecule has 1 aliphatic carbocycles. The third-order valence-corrected chi connectivity index (χ3v) is 3.73. The van der Waals surface area contributed by atoms with E-state index in [1.807, 2.05) is 4.68 Å². The van der Waals surface area contributed by atoms with E-state index in [-0.39, 0.29) is 5.97 Å². The van der Waals surface area contributed by atoms with Gasteiger partial charge in [0.15, 0.2) is 0 Å². The fourth-order valence-electron chi connectivity index (χ4n) is 1.58. The van der Waals surface area contributed by atoms with Crippen LogP contribution in [0.4, 0.5) is 0 Å². The standard InChI is InChI=1S/C10H13IN2O2/c1-2-15-10(14)8-6-12-13(9(8)11)7-4-3-5-7/h6-7H,2-5H2,1H3. The molecule has 1 saturated carbocycles. The van der Waals surface area contributed by atoms with E-state index in [0.717, 1.165) is 3.70 Å². The van der Waals surface area contributed by atoms with E-state index in [9.17, 15) is 4.79 Å². The van der Waals surface area contributed by atoms with Gasteiger partial charge >= 0.3 is 5.97 Å². The maximum atomic E-state index is 11.5. The summed E-state index contributed by atoms with van der Waals surface area (Å²) in [7, 11) is 0. The Morgan fingerprint density at radius 3 is 3.00 bits per heavy atom. The Labute approximate surface area is 102 Å². The summed E-state index contributed by atoms with van der Waals surface area (Å²) in [5.74, 6) is -0.271. The first-order valence-corrected chi connectivity index (χ1v) is 6.22. The highest BCUT2D eigenvalue weighted by Crippen LogP contribution is 2.33. The summed E-state index contributed by atoms with van der Waals surface area (Å²) in [6.07, 6.45) is 5.20. The van der Waals surface area contributed by atoms with Crippen LogP contribution in [0, 0.1) is 3.70 Å². The van der Waals surface area contributed by atoms with Gasteiger partial charge in [0.05, 0.1) is 18.8 Å². The monoisotopic (exact) mass is 320 g/mol. The zero-order valence-corrected chi connectivity index (χ0v) is 10.7. The Kier molecular flexibility index (Phi) is 3.28. The van der Waals surface area contributed by atoms with Crippen molar-refractivity contribution in [3.8, 4) is 0 Å². The van der Waals surface area contributed by atoms with Gasteiger partial charge in [-0.25, -0.2) is 4.79 Å². The lowest BCUT2D eigenvalue weighted by atomic mass is 9.93. The van der Waals surface area contributed by atoms with Gasteiger partial charge in [0, 0.05) is 0 Å². The number of hydrogen-bond acceptors (Lipinski definition) is 3. The lowest BCUT2D eigenvalue weighted by molar-refractivity contribution is 0.0524. The molecule has 0 aromatic carbocycles. The number of carbonyl (C=O) groups is 1. The second-order valence-electron chi connectivity index (χ2n) is 3.60. The summed E-state index contributed by atoms with van der Waals surface area (Å²) in [6.45, 7) is 2.21. The molecule has 1 aliphatic rings. The molecule has 0 saturated heterocycles. The molecule has 1 fully saturated rings. The molecule has 4 nitrogen and oxygen atoms in total. The maximum absolute atomic E-state index is 11.5. The van der Waals surface area contributed by atoms with E-state index in [2.05, 4.69) is 27.7 Å². The van der Waals surface area contributed by atoms with Crippen molar-refractivity contribution < 1.29 is 9.53 Å². The molecule has 0 unspecified atom stereocenters.